The highest BCUT2D eigenvalue weighted by atomic mass is 16.6. The average molecular weight is 941 g/mol. The van der Waals surface area contributed by atoms with E-state index in [4.69, 9.17) is 9.47 Å². The maximum absolute atomic E-state index is 13.0. The number of esters is 2. The molecule has 4 aliphatic rings. The molecular formula is C50H68N8O10. The van der Waals surface area contributed by atoms with Gasteiger partial charge in [-0.2, -0.15) is 0 Å². The molecule has 4 aromatic rings. The second kappa shape index (κ2) is 21.4. The van der Waals surface area contributed by atoms with Crippen LogP contribution in [0.2, 0.25) is 0 Å². The van der Waals surface area contributed by atoms with Gasteiger partial charge in [-0.05, 0) is 153 Å². The Kier molecular flexibility index (Phi) is 16.2. The Balaban J connectivity index is 0.000000196. The van der Waals surface area contributed by atoms with E-state index in [2.05, 4.69) is 45.6 Å². The highest BCUT2D eigenvalue weighted by molar-refractivity contribution is 6.01. The van der Waals surface area contributed by atoms with Crippen molar-refractivity contribution >= 4 is 57.6 Å². The number of carbonyl (C=O) groups excluding carboxylic acids is 6. The summed E-state index contributed by atoms with van der Waals surface area (Å²) in [4.78, 5) is 98.0. The van der Waals surface area contributed by atoms with E-state index in [0.29, 0.717) is 43.2 Å². The van der Waals surface area contributed by atoms with Gasteiger partial charge in [0.25, 0.3) is 0 Å². The van der Waals surface area contributed by atoms with E-state index >= 15 is 0 Å². The summed E-state index contributed by atoms with van der Waals surface area (Å²) in [5.74, 6) is -1.06. The molecule has 4 aliphatic heterocycles. The minimum atomic E-state index is -0.673. The van der Waals surface area contributed by atoms with Crippen LogP contribution in [0.15, 0.2) is 58.6 Å². The fourth-order valence-electron chi connectivity index (χ4n) is 9.36. The molecule has 4 amide bonds. The molecule has 68 heavy (non-hydrogen) atoms. The van der Waals surface area contributed by atoms with Crippen molar-refractivity contribution in [2.24, 2.45) is 14.1 Å². The number of imide groups is 2. The molecule has 2 aromatic heterocycles. The summed E-state index contributed by atoms with van der Waals surface area (Å²) in [7, 11) is 3.45. The standard InChI is InChI=1S/C25H34N4O5.C18H22N4O3.C7H12O2/c1-25(2,3)34-22(31)11-14-28-12-9-16(10-13-28)17-5-6-18-20(15-17)27(4)24(33)29(18)19-7-8-21(30)26-23(19)32;1-21-15-10-12(11-6-8-19-9-7-11)2-3-13(15)22(18(21)25)14-4-5-16(23)20-17(14)24;1-5-6(8)9-7(2,3)4/h5-6,15-16,19H,7-14H2,1-4H3,(H,26,30,32);2-3,10-11,14,19H,4-9H2,1H3,(H,20,23,24);5H,1H2,2-4H3. The number of ether oxygens (including phenoxy) is 2. The van der Waals surface area contributed by atoms with Crippen LogP contribution in [0.25, 0.3) is 22.1 Å². The van der Waals surface area contributed by atoms with E-state index in [0.717, 1.165) is 74.5 Å². The van der Waals surface area contributed by atoms with E-state index in [1.807, 2.05) is 59.7 Å². The van der Waals surface area contributed by atoms with Gasteiger partial charge in [0.15, 0.2) is 0 Å². The van der Waals surface area contributed by atoms with Crippen LogP contribution in [0.3, 0.4) is 0 Å². The minimum Gasteiger partial charge on any atom is -0.460 e. The summed E-state index contributed by atoms with van der Waals surface area (Å²) in [6, 6.07) is 10.8. The predicted molar refractivity (Wildman–Crippen MR) is 257 cm³/mol. The summed E-state index contributed by atoms with van der Waals surface area (Å²) in [6.45, 7) is 18.9. The van der Waals surface area contributed by atoms with Gasteiger partial charge in [0, 0.05) is 39.6 Å². The SMILES string of the molecule is C=CC(=O)OC(C)(C)C.Cn1c(=O)n(C2CCC(=O)NC2=O)c2ccc(C3CCN(CCC(=O)OC(C)(C)C)CC3)cc21.Cn1c(=O)n(C2CCC(=O)NC2=O)c2ccc(C3CCNCC3)cc21. The zero-order chi connectivity index (χ0) is 49.7. The first-order valence-electron chi connectivity index (χ1n) is 23.6. The smallest absolute Gasteiger partial charge is 0.330 e. The molecule has 6 heterocycles. The largest absolute Gasteiger partial charge is 0.460 e. The molecule has 2 atom stereocenters. The number of benzene rings is 2. The van der Waals surface area contributed by atoms with Crippen LogP contribution in [0.1, 0.15) is 134 Å². The van der Waals surface area contributed by atoms with Crippen molar-refractivity contribution in [1.29, 1.82) is 0 Å². The molecule has 2 unspecified atom stereocenters. The topological polar surface area (TPSA) is 214 Å². The lowest BCUT2D eigenvalue weighted by Crippen LogP contribution is -2.44. The number of imidazole rings is 2. The van der Waals surface area contributed by atoms with Gasteiger partial charge in [-0.25, -0.2) is 14.4 Å². The van der Waals surface area contributed by atoms with Crippen molar-refractivity contribution in [2.45, 2.75) is 134 Å². The number of hydrogen-bond donors (Lipinski definition) is 3. The third-order valence-electron chi connectivity index (χ3n) is 12.8. The van der Waals surface area contributed by atoms with Crippen LogP contribution < -0.4 is 27.3 Å². The molecule has 3 N–H and O–H groups in total. The highest BCUT2D eigenvalue weighted by Crippen LogP contribution is 2.32. The molecule has 4 fully saturated rings. The number of hydrogen-bond acceptors (Lipinski definition) is 12. The number of aryl methyl sites for hydroxylation is 2. The quantitative estimate of drug-likeness (QED) is 0.126. The molecule has 18 nitrogen and oxygen atoms in total. The van der Waals surface area contributed by atoms with Crippen LogP contribution in [0.4, 0.5) is 0 Å². The van der Waals surface area contributed by atoms with Crippen LogP contribution in [-0.2, 0) is 52.3 Å². The van der Waals surface area contributed by atoms with E-state index in [1.165, 1.54) is 20.3 Å². The molecule has 0 aliphatic carbocycles. The molecule has 4 saturated heterocycles. The number of aromatic nitrogens is 4. The highest BCUT2D eigenvalue weighted by Gasteiger charge is 2.33. The van der Waals surface area contributed by atoms with Crippen molar-refractivity contribution in [3.63, 3.8) is 0 Å². The van der Waals surface area contributed by atoms with Crippen molar-refractivity contribution < 1.29 is 38.2 Å². The molecule has 8 rings (SSSR count). The van der Waals surface area contributed by atoms with Gasteiger partial charge in [-0.15, -0.1) is 0 Å². The number of nitrogens with zero attached hydrogens (tertiary/aromatic N) is 5. The molecular weight excluding hydrogens is 873 g/mol. The molecule has 0 radical (unpaired) electrons. The van der Waals surface area contributed by atoms with Crippen LogP contribution >= 0.6 is 0 Å². The van der Waals surface area contributed by atoms with Crippen molar-refractivity contribution in [3.05, 3.63) is 81.1 Å². The second-order valence-electron chi connectivity index (χ2n) is 20.1. The third-order valence-corrected chi connectivity index (χ3v) is 12.8. The monoisotopic (exact) mass is 941 g/mol. The van der Waals surface area contributed by atoms with Crippen molar-refractivity contribution in [3.8, 4) is 0 Å². The van der Waals surface area contributed by atoms with Gasteiger partial charge in [0.1, 0.15) is 23.3 Å². The average Bonchev–Trinajstić information content (AvgIpc) is 3.68. The fourth-order valence-corrected chi connectivity index (χ4v) is 9.36. The maximum atomic E-state index is 13.0. The zero-order valence-corrected chi connectivity index (χ0v) is 40.8. The molecule has 0 saturated carbocycles. The predicted octanol–water partition coefficient (Wildman–Crippen LogP) is 4.53. The Bertz CT molecular complexity index is 2680. The molecule has 0 bridgehead atoms. The lowest BCUT2D eigenvalue weighted by molar-refractivity contribution is -0.155. The number of piperidine rings is 4. The Labute approximate surface area is 396 Å². The summed E-state index contributed by atoms with van der Waals surface area (Å²) in [6.07, 6.45) is 6.85. The number of fused-ring (bicyclic) bond motifs is 2. The van der Waals surface area contributed by atoms with Crippen molar-refractivity contribution in [1.82, 2.24) is 39.1 Å². The fraction of sp³-hybridized carbons (Fsp3) is 0.560. The van der Waals surface area contributed by atoms with Gasteiger partial charge in [0.2, 0.25) is 23.6 Å². The Morgan fingerprint density at radius 2 is 1.09 bits per heavy atom. The molecule has 0 spiro atoms. The normalized spacial score (nSPS) is 19.9. The Morgan fingerprint density at radius 1 is 0.647 bits per heavy atom. The summed E-state index contributed by atoms with van der Waals surface area (Å²) in [5, 5.41) is 8.05. The van der Waals surface area contributed by atoms with E-state index in [-0.39, 0.29) is 48.0 Å². The first-order valence-corrected chi connectivity index (χ1v) is 23.6. The lowest BCUT2D eigenvalue weighted by Gasteiger charge is -2.32. The van der Waals surface area contributed by atoms with Gasteiger partial charge in [-0.1, -0.05) is 18.7 Å². The Morgan fingerprint density at radius 3 is 1.49 bits per heavy atom. The van der Waals surface area contributed by atoms with E-state index < -0.39 is 35.1 Å². The number of carbonyl (C=O) groups is 6. The van der Waals surface area contributed by atoms with Gasteiger partial charge in [-0.3, -0.25) is 52.9 Å². The first-order chi connectivity index (χ1) is 32.0. The first kappa shape index (κ1) is 51.3. The number of rotatable bonds is 8. The number of amides is 4. The minimum absolute atomic E-state index is 0.165. The van der Waals surface area contributed by atoms with E-state index in [9.17, 15) is 38.4 Å². The summed E-state index contributed by atoms with van der Waals surface area (Å²) in [5.41, 5.74) is 4.18. The van der Waals surface area contributed by atoms with E-state index in [1.54, 1.807) is 23.2 Å². The third kappa shape index (κ3) is 12.5. The zero-order valence-electron chi connectivity index (χ0n) is 40.8. The Hall–Kier alpha value is -6.14. The summed E-state index contributed by atoms with van der Waals surface area (Å²) < 4.78 is 16.5. The van der Waals surface area contributed by atoms with Gasteiger partial charge in [0.05, 0.1) is 28.5 Å². The molecule has 2 aromatic carbocycles. The molecule has 18 heteroatoms. The van der Waals surface area contributed by atoms with Gasteiger partial charge < -0.3 is 19.7 Å². The second-order valence-corrected chi connectivity index (χ2v) is 20.1. The van der Waals surface area contributed by atoms with Crippen molar-refractivity contribution in [2.75, 3.05) is 32.7 Å². The van der Waals surface area contributed by atoms with Crippen LogP contribution in [-0.4, -0.2) is 103 Å². The summed E-state index contributed by atoms with van der Waals surface area (Å²) >= 11 is 0. The maximum Gasteiger partial charge on any atom is 0.330 e. The van der Waals surface area contributed by atoms with Crippen LogP contribution in [0.5, 0.6) is 0 Å². The number of nitrogens with one attached hydrogen (secondary N) is 3. The van der Waals surface area contributed by atoms with Crippen LogP contribution in [0, 0.1) is 0 Å². The lowest BCUT2D eigenvalue weighted by atomic mass is 9.89. The van der Waals surface area contributed by atoms with Gasteiger partial charge >= 0.3 is 23.3 Å². The molecule has 368 valence electrons. The number of likely N-dealkylation sites (tertiary alicyclic amines) is 1.